The number of nitrogens with one attached hydrogen (secondary N) is 1. The Kier molecular flexibility index (Phi) is 4.87. The van der Waals surface area contributed by atoms with Crippen molar-refractivity contribution in [2.75, 3.05) is 43.5 Å². The van der Waals surface area contributed by atoms with Gasteiger partial charge in [0.15, 0.2) is 5.82 Å². The molecule has 0 atom stereocenters. The second-order valence-electron chi connectivity index (χ2n) is 5.74. The Morgan fingerprint density at radius 2 is 1.92 bits per heavy atom. The van der Waals surface area contributed by atoms with Crippen molar-refractivity contribution in [3.63, 3.8) is 0 Å². The number of methoxy groups -OCH3 is 1. The third-order valence-electron chi connectivity index (χ3n) is 4.08. The van der Waals surface area contributed by atoms with E-state index in [2.05, 4.69) is 15.4 Å². The molecule has 1 N–H and O–H groups in total. The topological polar surface area (TPSA) is 87.9 Å². The van der Waals surface area contributed by atoms with Crippen molar-refractivity contribution in [2.45, 2.75) is 6.92 Å². The van der Waals surface area contributed by atoms with Gasteiger partial charge < -0.3 is 19.1 Å². The maximum absolute atomic E-state index is 12.3. The van der Waals surface area contributed by atoms with Gasteiger partial charge in [0.05, 0.1) is 18.4 Å². The molecule has 0 saturated carbocycles. The number of urea groups is 1. The predicted molar refractivity (Wildman–Crippen MR) is 91.8 cm³/mol. The zero-order valence-electron chi connectivity index (χ0n) is 14.2. The quantitative estimate of drug-likeness (QED) is 0.858. The van der Waals surface area contributed by atoms with Gasteiger partial charge in [0.1, 0.15) is 5.76 Å². The highest BCUT2D eigenvalue weighted by molar-refractivity contribution is 5.96. The minimum atomic E-state index is -0.364. The Morgan fingerprint density at radius 3 is 2.56 bits per heavy atom. The van der Waals surface area contributed by atoms with Gasteiger partial charge >= 0.3 is 12.0 Å². The summed E-state index contributed by atoms with van der Waals surface area (Å²) in [6.45, 7) is 4.09. The van der Waals surface area contributed by atoms with Crippen molar-refractivity contribution < 1.29 is 18.8 Å². The van der Waals surface area contributed by atoms with Crippen molar-refractivity contribution in [1.82, 2.24) is 10.1 Å². The number of rotatable bonds is 3. The molecule has 2 aromatic rings. The lowest BCUT2D eigenvalue weighted by Gasteiger charge is -2.36. The van der Waals surface area contributed by atoms with Crippen LogP contribution in [0, 0.1) is 6.92 Å². The fourth-order valence-electron chi connectivity index (χ4n) is 2.80. The highest BCUT2D eigenvalue weighted by Crippen LogP contribution is 2.22. The van der Waals surface area contributed by atoms with Crippen molar-refractivity contribution in [2.24, 2.45) is 0 Å². The number of anilines is 2. The summed E-state index contributed by atoms with van der Waals surface area (Å²) in [5.41, 5.74) is 1.35. The van der Waals surface area contributed by atoms with Crippen LogP contribution in [0.3, 0.4) is 0 Å². The number of esters is 1. The average Bonchev–Trinajstić information content (AvgIpc) is 3.06. The van der Waals surface area contributed by atoms with Crippen LogP contribution < -0.4 is 10.2 Å². The van der Waals surface area contributed by atoms with Gasteiger partial charge in [-0.25, -0.2) is 9.59 Å². The van der Waals surface area contributed by atoms with Gasteiger partial charge in [-0.3, -0.25) is 5.32 Å². The Labute approximate surface area is 145 Å². The maximum atomic E-state index is 12.3. The number of amides is 2. The molecule has 1 aliphatic rings. The van der Waals surface area contributed by atoms with Crippen LogP contribution in [0.15, 0.2) is 34.9 Å². The van der Waals surface area contributed by atoms with Crippen LogP contribution in [0.5, 0.6) is 0 Å². The SMILES string of the molecule is COC(=O)c1ccccc1N1CCN(C(=O)Nc2cc(C)on2)CC1. The van der Waals surface area contributed by atoms with Crippen LogP contribution in [-0.2, 0) is 4.74 Å². The van der Waals surface area contributed by atoms with Crippen molar-refractivity contribution >= 4 is 23.5 Å². The molecular formula is C17H20N4O4. The first-order chi connectivity index (χ1) is 12.1. The fraction of sp³-hybridized carbons (Fsp3) is 0.353. The molecular weight excluding hydrogens is 324 g/mol. The molecule has 0 spiro atoms. The number of aryl methyl sites for hydroxylation is 1. The van der Waals surface area contributed by atoms with Crippen molar-refractivity contribution in [3.05, 3.63) is 41.7 Å². The highest BCUT2D eigenvalue weighted by Gasteiger charge is 2.24. The summed E-state index contributed by atoms with van der Waals surface area (Å²) in [7, 11) is 1.37. The highest BCUT2D eigenvalue weighted by atomic mass is 16.5. The molecule has 25 heavy (non-hydrogen) atoms. The van der Waals surface area contributed by atoms with Crippen LogP contribution in [-0.4, -0.2) is 55.3 Å². The molecule has 3 rings (SSSR count). The maximum Gasteiger partial charge on any atom is 0.339 e. The molecule has 0 bridgehead atoms. The van der Waals surface area contributed by atoms with E-state index in [9.17, 15) is 9.59 Å². The van der Waals surface area contributed by atoms with Crippen LogP contribution in [0.2, 0.25) is 0 Å². The molecule has 8 nitrogen and oxygen atoms in total. The second-order valence-corrected chi connectivity index (χ2v) is 5.74. The van der Waals surface area contributed by atoms with Crippen molar-refractivity contribution in [3.8, 4) is 0 Å². The van der Waals surface area contributed by atoms with Crippen LogP contribution in [0.1, 0.15) is 16.1 Å². The van der Waals surface area contributed by atoms with Crippen LogP contribution in [0.25, 0.3) is 0 Å². The monoisotopic (exact) mass is 344 g/mol. The smallest absolute Gasteiger partial charge is 0.339 e. The molecule has 8 heteroatoms. The number of hydrogen-bond donors (Lipinski definition) is 1. The fourth-order valence-corrected chi connectivity index (χ4v) is 2.80. The minimum Gasteiger partial charge on any atom is -0.465 e. The zero-order chi connectivity index (χ0) is 17.8. The van der Waals surface area contributed by atoms with Crippen LogP contribution >= 0.6 is 0 Å². The van der Waals surface area contributed by atoms with Gasteiger partial charge in [-0.15, -0.1) is 0 Å². The summed E-state index contributed by atoms with van der Waals surface area (Å²) in [6, 6.07) is 8.77. The summed E-state index contributed by atoms with van der Waals surface area (Å²) in [5.74, 6) is 0.678. The first-order valence-electron chi connectivity index (χ1n) is 8.00. The van der Waals surface area contributed by atoms with Gasteiger partial charge in [-0.1, -0.05) is 17.3 Å². The molecule has 1 saturated heterocycles. The Bertz CT molecular complexity index is 766. The summed E-state index contributed by atoms with van der Waals surface area (Å²) < 4.78 is 9.78. The number of carbonyl (C=O) groups excluding carboxylic acids is 2. The van der Waals surface area contributed by atoms with E-state index in [0.29, 0.717) is 43.3 Å². The Morgan fingerprint density at radius 1 is 1.20 bits per heavy atom. The summed E-state index contributed by atoms with van der Waals surface area (Å²) in [5, 5.41) is 6.47. The number of aromatic nitrogens is 1. The number of nitrogens with zero attached hydrogens (tertiary/aromatic N) is 3. The van der Waals surface area contributed by atoms with E-state index in [1.807, 2.05) is 12.1 Å². The Hall–Kier alpha value is -3.03. The molecule has 1 aromatic carbocycles. The first-order valence-corrected chi connectivity index (χ1v) is 8.00. The van der Waals surface area contributed by atoms with Gasteiger partial charge in [0.25, 0.3) is 0 Å². The van der Waals surface area contributed by atoms with E-state index in [0.717, 1.165) is 5.69 Å². The lowest BCUT2D eigenvalue weighted by molar-refractivity contribution is 0.0601. The number of ether oxygens (including phenoxy) is 1. The molecule has 2 amide bonds. The zero-order valence-corrected chi connectivity index (χ0v) is 14.2. The molecule has 1 aromatic heterocycles. The lowest BCUT2D eigenvalue weighted by Crippen LogP contribution is -2.50. The largest absolute Gasteiger partial charge is 0.465 e. The molecule has 0 radical (unpaired) electrons. The van der Waals surface area contributed by atoms with E-state index in [-0.39, 0.29) is 12.0 Å². The van der Waals surface area contributed by atoms with Gasteiger partial charge in [-0.05, 0) is 19.1 Å². The minimum absolute atomic E-state index is 0.214. The van der Waals surface area contributed by atoms with E-state index in [1.54, 1.807) is 30.0 Å². The summed E-state index contributed by atoms with van der Waals surface area (Å²) >= 11 is 0. The lowest BCUT2D eigenvalue weighted by atomic mass is 10.1. The predicted octanol–water partition coefficient (Wildman–Crippen LogP) is 2.12. The van der Waals surface area contributed by atoms with E-state index in [1.165, 1.54) is 7.11 Å². The molecule has 1 aliphatic heterocycles. The Balaban J connectivity index is 1.62. The van der Waals surface area contributed by atoms with Crippen molar-refractivity contribution in [1.29, 1.82) is 0 Å². The van der Waals surface area contributed by atoms with Gasteiger partial charge in [-0.2, -0.15) is 0 Å². The number of carbonyl (C=O) groups is 2. The average molecular weight is 344 g/mol. The van der Waals surface area contributed by atoms with E-state index < -0.39 is 0 Å². The first kappa shape index (κ1) is 16.8. The number of para-hydroxylation sites is 1. The number of piperazine rings is 1. The van der Waals surface area contributed by atoms with Gasteiger partial charge in [0.2, 0.25) is 0 Å². The summed E-state index contributed by atoms with van der Waals surface area (Å²) in [6.07, 6.45) is 0. The molecule has 0 unspecified atom stereocenters. The molecule has 132 valence electrons. The normalized spacial score (nSPS) is 14.3. The van der Waals surface area contributed by atoms with E-state index >= 15 is 0 Å². The second kappa shape index (κ2) is 7.25. The molecule has 2 heterocycles. The van der Waals surface area contributed by atoms with E-state index in [4.69, 9.17) is 9.26 Å². The summed E-state index contributed by atoms with van der Waals surface area (Å²) in [4.78, 5) is 28.0. The molecule has 1 fully saturated rings. The van der Waals surface area contributed by atoms with Gasteiger partial charge in [0, 0.05) is 32.2 Å². The number of benzene rings is 1. The third kappa shape index (κ3) is 3.73. The molecule has 0 aliphatic carbocycles. The van der Waals surface area contributed by atoms with Crippen LogP contribution in [0.4, 0.5) is 16.3 Å². The number of hydrogen-bond acceptors (Lipinski definition) is 6. The third-order valence-corrected chi connectivity index (χ3v) is 4.08. The standard InChI is InChI=1S/C17H20N4O4/c1-12-11-15(19-25-12)18-17(23)21-9-7-20(8-10-21)14-6-4-3-5-13(14)16(22)24-2/h3-6,11H,7-10H2,1-2H3,(H,18,19,23).